The summed E-state index contributed by atoms with van der Waals surface area (Å²) in [5.41, 5.74) is 10.4. The summed E-state index contributed by atoms with van der Waals surface area (Å²) < 4.78 is 5.90. The van der Waals surface area contributed by atoms with Crippen LogP contribution in [0.3, 0.4) is 0 Å². The van der Waals surface area contributed by atoms with Crippen LogP contribution in [-0.2, 0) is 0 Å². The second kappa shape index (κ2) is 5.72. The molecule has 1 heterocycles. The van der Waals surface area contributed by atoms with Crippen molar-refractivity contribution in [2.24, 2.45) is 0 Å². The Kier molecular flexibility index (Phi) is 4.25. The molecule has 1 aliphatic rings. The van der Waals surface area contributed by atoms with Crippen LogP contribution < -0.4 is 15.6 Å². The highest BCUT2D eigenvalue weighted by Gasteiger charge is 2.19. The standard InChI is InChI=1S/C15H24N2O/c1-10-7-12(3)15(8-11(10)2)18-6-5-14-9-13(4)16-17-14/h7-8,13-14,16-17H,5-6,9H2,1-4H3. The average molecular weight is 248 g/mol. The summed E-state index contributed by atoms with van der Waals surface area (Å²) in [5.74, 6) is 1.03. The third kappa shape index (κ3) is 3.24. The zero-order chi connectivity index (χ0) is 13.1. The molecule has 3 heteroatoms. The van der Waals surface area contributed by atoms with Crippen molar-refractivity contribution >= 4 is 0 Å². The normalized spacial score (nSPS) is 23.3. The number of hydrogen-bond acceptors (Lipinski definition) is 3. The molecule has 2 atom stereocenters. The van der Waals surface area contributed by atoms with Gasteiger partial charge in [-0.05, 0) is 63.3 Å². The third-order valence-electron chi connectivity index (χ3n) is 3.69. The number of benzene rings is 1. The minimum absolute atomic E-state index is 0.534. The first kappa shape index (κ1) is 13.4. The van der Waals surface area contributed by atoms with E-state index in [1.165, 1.54) is 23.1 Å². The fourth-order valence-corrected chi connectivity index (χ4v) is 2.40. The van der Waals surface area contributed by atoms with Crippen LogP contribution in [0.15, 0.2) is 12.1 Å². The number of nitrogens with one attached hydrogen (secondary N) is 2. The molecule has 100 valence electrons. The molecule has 0 aromatic heterocycles. The molecule has 0 radical (unpaired) electrons. The van der Waals surface area contributed by atoms with E-state index in [9.17, 15) is 0 Å². The molecule has 0 spiro atoms. The van der Waals surface area contributed by atoms with E-state index in [1.54, 1.807) is 0 Å². The van der Waals surface area contributed by atoms with Gasteiger partial charge >= 0.3 is 0 Å². The smallest absolute Gasteiger partial charge is 0.122 e. The summed E-state index contributed by atoms with van der Waals surface area (Å²) in [6.45, 7) is 9.35. The summed E-state index contributed by atoms with van der Waals surface area (Å²) in [4.78, 5) is 0. The summed E-state index contributed by atoms with van der Waals surface area (Å²) in [5, 5.41) is 0. The molecule has 1 aromatic carbocycles. The monoisotopic (exact) mass is 248 g/mol. The molecule has 1 fully saturated rings. The molecule has 1 aliphatic heterocycles. The molecular weight excluding hydrogens is 224 g/mol. The molecule has 2 unspecified atom stereocenters. The summed E-state index contributed by atoms with van der Waals surface area (Å²) in [7, 11) is 0. The zero-order valence-corrected chi connectivity index (χ0v) is 11.8. The van der Waals surface area contributed by atoms with Crippen molar-refractivity contribution in [3.05, 3.63) is 28.8 Å². The number of rotatable bonds is 4. The lowest BCUT2D eigenvalue weighted by molar-refractivity contribution is 0.288. The van der Waals surface area contributed by atoms with Crippen molar-refractivity contribution in [1.29, 1.82) is 0 Å². The number of aryl methyl sites for hydroxylation is 3. The van der Waals surface area contributed by atoms with Crippen molar-refractivity contribution < 1.29 is 4.74 Å². The van der Waals surface area contributed by atoms with Crippen LogP contribution in [0.5, 0.6) is 5.75 Å². The van der Waals surface area contributed by atoms with Gasteiger partial charge in [0.2, 0.25) is 0 Å². The molecule has 0 bridgehead atoms. The Morgan fingerprint density at radius 3 is 2.50 bits per heavy atom. The van der Waals surface area contributed by atoms with Gasteiger partial charge in [0.25, 0.3) is 0 Å². The van der Waals surface area contributed by atoms with Gasteiger partial charge in [0.05, 0.1) is 6.61 Å². The molecular formula is C15H24N2O. The van der Waals surface area contributed by atoms with Crippen LogP contribution in [0.25, 0.3) is 0 Å². The lowest BCUT2D eigenvalue weighted by Crippen LogP contribution is -2.33. The Labute approximate surface area is 110 Å². The lowest BCUT2D eigenvalue weighted by atomic mass is 10.1. The SMILES string of the molecule is Cc1cc(C)c(OCCC2CC(C)NN2)cc1C. The van der Waals surface area contributed by atoms with Crippen molar-refractivity contribution in [1.82, 2.24) is 10.9 Å². The van der Waals surface area contributed by atoms with Crippen molar-refractivity contribution in [2.45, 2.75) is 52.6 Å². The van der Waals surface area contributed by atoms with Gasteiger partial charge in [0.1, 0.15) is 5.75 Å². The average Bonchev–Trinajstić information content (AvgIpc) is 2.71. The maximum atomic E-state index is 5.90. The third-order valence-corrected chi connectivity index (χ3v) is 3.69. The second-order valence-corrected chi connectivity index (χ2v) is 5.46. The van der Waals surface area contributed by atoms with Crippen LogP contribution in [0.1, 0.15) is 36.5 Å². The molecule has 18 heavy (non-hydrogen) atoms. The quantitative estimate of drug-likeness (QED) is 0.859. The summed E-state index contributed by atoms with van der Waals surface area (Å²) >= 11 is 0. The van der Waals surface area contributed by atoms with Gasteiger partial charge in [-0.25, -0.2) is 0 Å². The largest absolute Gasteiger partial charge is 0.493 e. The minimum atomic E-state index is 0.534. The fraction of sp³-hybridized carbons (Fsp3) is 0.600. The Balaban J connectivity index is 1.85. The minimum Gasteiger partial charge on any atom is -0.493 e. The van der Waals surface area contributed by atoms with Crippen molar-refractivity contribution in [3.63, 3.8) is 0 Å². The van der Waals surface area contributed by atoms with Gasteiger partial charge in [0, 0.05) is 12.1 Å². The predicted octanol–water partition coefficient (Wildman–Crippen LogP) is 2.64. The van der Waals surface area contributed by atoms with Crippen molar-refractivity contribution in [3.8, 4) is 5.75 Å². The van der Waals surface area contributed by atoms with Gasteiger partial charge in [0.15, 0.2) is 0 Å². The molecule has 1 saturated heterocycles. The maximum absolute atomic E-state index is 5.90. The van der Waals surface area contributed by atoms with E-state index in [4.69, 9.17) is 4.74 Å². The van der Waals surface area contributed by atoms with Crippen LogP contribution in [-0.4, -0.2) is 18.7 Å². The van der Waals surface area contributed by atoms with Crippen LogP contribution in [0, 0.1) is 20.8 Å². The van der Waals surface area contributed by atoms with Crippen LogP contribution in [0.4, 0.5) is 0 Å². The molecule has 1 aromatic rings. The highest BCUT2D eigenvalue weighted by atomic mass is 16.5. The van der Waals surface area contributed by atoms with Gasteiger partial charge in [-0.15, -0.1) is 0 Å². The van der Waals surface area contributed by atoms with E-state index in [1.807, 2.05) is 0 Å². The Hall–Kier alpha value is -1.06. The van der Waals surface area contributed by atoms with Crippen molar-refractivity contribution in [2.75, 3.05) is 6.61 Å². The zero-order valence-electron chi connectivity index (χ0n) is 11.8. The number of ether oxygens (including phenoxy) is 1. The number of hydrogen-bond donors (Lipinski definition) is 2. The topological polar surface area (TPSA) is 33.3 Å². The lowest BCUT2D eigenvalue weighted by Gasteiger charge is -2.14. The van der Waals surface area contributed by atoms with Crippen LogP contribution in [0.2, 0.25) is 0 Å². The number of hydrazine groups is 1. The Bertz CT molecular complexity index is 417. The molecule has 0 aliphatic carbocycles. The first-order chi connectivity index (χ1) is 8.56. The Morgan fingerprint density at radius 1 is 1.11 bits per heavy atom. The van der Waals surface area contributed by atoms with E-state index in [-0.39, 0.29) is 0 Å². The fourth-order valence-electron chi connectivity index (χ4n) is 2.40. The maximum Gasteiger partial charge on any atom is 0.122 e. The first-order valence-electron chi connectivity index (χ1n) is 6.78. The second-order valence-electron chi connectivity index (χ2n) is 5.46. The predicted molar refractivity (Wildman–Crippen MR) is 74.9 cm³/mol. The van der Waals surface area contributed by atoms with E-state index in [0.717, 1.165) is 18.8 Å². The van der Waals surface area contributed by atoms with Gasteiger partial charge in [-0.1, -0.05) is 6.07 Å². The van der Waals surface area contributed by atoms with Gasteiger partial charge < -0.3 is 4.74 Å². The highest BCUT2D eigenvalue weighted by Crippen LogP contribution is 2.22. The van der Waals surface area contributed by atoms with E-state index in [0.29, 0.717) is 12.1 Å². The molecule has 0 saturated carbocycles. The molecule has 2 N–H and O–H groups in total. The molecule has 2 rings (SSSR count). The van der Waals surface area contributed by atoms with Crippen LogP contribution >= 0.6 is 0 Å². The summed E-state index contributed by atoms with van der Waals surface area (Å²) in [6.07, 6.45) is 2.22. The molecule has 3 nitrogen and oxygen atoms in total. The van der Waals surface area contributed by atoms with E-state index in [2.05, 4.69) is 50.7 Å². The molecule has 0 amide bonds. The summed E-state index contributed by atoms with van der Waals surface area (Å²) in [6, 6.07) is 5.45. The highest BCUT2D eigenvalue weighted by molar-refractivity contribution is 5.40. The Morgan fingerprint density at radius 2 is 1.83 bits per heavy atom. The van der Waals surface area contributed by atoms with Gasteiger partial charge in [-0.3, -0.25) is 10.9 Å². The van der Waals surface area contributed by atoms with E-state index < -0.39 is 0 Å². The van der Waals surface area contributed by atoms with Gasteiger partial charge in [-0.2, -0.15) is 0 Å². The van der Waals surface area contributed by atoms with E-state index >= 15 is 0 Å². The first-order valence-corrected chi connectivity index (χ1v) is 6.78.